The lowest BCUT2D eigenvalue weighted by Crippen LogP contribution is -2.43. The van der Waals surface area contributed by atoms with Crippen LogP contribution in [0, 0.1) is 23.1 Å². The number of aromatic nitrogens is 2. The summed E-state index contributed by atoms with van der Waals surface area (Å²) in [4.78, 5) is 14.7. The van der Waals surface area contributed by atoms with Gasteiger partial charge in [0.05, 0.1) is 11.3 Å². The third-order valence-electron chi connectivity index (χ3n) is 5.18. The highest BCUT2D eigenvalue weighted by molar-refractivity contribution is 5.81. The molecule has 166 valence electrons. The first-order chi connectivity index (χ1) is 15.4. The molecule has 7 heteroatoms. The number of carbonyl (C=O) groups is 1. The van der Waals surface area contributed by atoms with E-state index < -0.39 is 6.10 Å². The molecule has 0 aliphatic carbocycles. The predicted octanol–water partition coefficient (Wildman–Crippen LogP) is 4.58. The summed E-state index contributed by atoms with van der Waals surface area (Å²) >= 11 is 0. The monoisotopic (exact) mass is 434 g/mol. The Morgan fingerprint density at radius 2 is 2.00 bits per heavy atom. The Morgan fingerprint density at radius 1 is 1.22 bits per heavy atom. The summed E-state index contributed by atoms with van der Waals surface area (Å²) in [5.41, 5.74) is 2.73. The quantitative estimate of drug-likeness (QED) is 0.534. The van der Waals surface area contributed by atoms with Gasteiger partial charge in [0.25, 0.3) is 5.91 Å². The number of ether oxygens (including phenoxy) is 1. The minimum atomic E-state index is -0.679. The lowest BCUT2D eigenvalue weighted by atomic mass is 10.1. The van der Waals surface area contributed by atoms with Crippen LogP contribution in [-0.4, -0.2) is 40.7 Å². The number of hydrogen-bond donors (Lipinski definition) is 1. The van der Waals surface area contributed by atoms with E-state index in [1.54, 1.807) is 42.3 Å². The van der Waals surface area contributed by atoms with Gasteiger partial charge in [0.1, 0.15) is 17.6 Å². The molecule has 0 radical (unpaired) electrons. The molecule has 1 N–H and O–H groups in total. The molecule has 1 aromatic heterocycles. The molecule has 0 fully saturated rings. The smallest absolute Gasteiger partial charge is 0.263 e. The van der Waals surface area contributed by atoms with Gasteiger partial charge in [0.15, 0.2) is 6.10 Å². The van der Waals surface area contributed by atoms with Crippen LogP contribution in [0.3, 0.4) is 0 Å². The van der Waals surface area contributed by atoms with E-state index in [0.717, 1.165) is 17.7 Å². The van der Waals surface area contributed by atoms with Gasteiger partial charge in [-0.1, -0.05) is 38.1 Å². The van der Waals surface area contributed by atoms with Crippen LogP contribution in [0.4, 0.5) is 4.39 Å². The number of hydrogen-bond acceptors (Lipinski definition) is 4. The molecule has 0 spiro atoms. The SMILES string of the molecule is CC(C)C(Oc1ccccc1C#N)C(=O)N(C)CCCc1cc(-c2cccc(F)c2)n[nH]1. The maximum atomic E-state index is 13.4. The molecule has 6 nitrogen and oxygen atoms in total. The van der Waals surface area contributed by atoms with Gasteiger partial charge in [-0.15, -0.1) is 0 Å². The number of nitriles is 1. The number of aromatic amines is 1. The summed E-state index contributed by atoms with van der Waals surface area (Å²) in [7, 11) is 1.75. The fraction of sp³-hybridized carbons (Fsp3) is 0.320. The number of para-hydroxylation sites is 1. The largest absolute Gasteiger partial charge is 0.479 e. The molecule has 1 amide bonds. The van der Waals surface area contributed by atoms with E-state index in [9.17, 15) is 14.4 Å². The summed E-state index contributed by atoms with van der Waals surface area (Å²) in [6, 6.07) is 17.2. The topological polar surface area (TPSA) is 82.0 Å². The second kappa shape index (κ2) is 10.6. The Hall–Kier alpha value is -3.66. The van der Waals surface area contributed by atoms with Crippen LogP contribution in [0.1, 0.15) is 31.5 Å². The van der Waals surface area contributed by atoms with Crippen molar-refractivity contribution < 1.29 is 13.9 Å². The maximum Gasteiger partial charge on any atom is 0.263 e. The van der Waals surface area contributed by atoms with Crippen LogP contribution in [-0.2, 0) is 11.2 Å². The zero-order valence-electron chi connectivity index (χ0n) is 18.5. The normalized spacial score (nSPS) is 11.8. The molecular formula is C25H27FN4O2. The summed E-state index contributed by atoms with van der Waals surface area (Å²) in [6.07, 6.45) is 0.748. The minimum Gasteiger partial charge on any atom is -0.479 e. The number of aryl methyl sites for hydroxylation is 1. The molecule has 0 aliphatic rings. The summed E-state index contributed by atoms with van der Waals surface area (Å²) in [6.45, 7) is 4.38. The second-order valence-corrected chi connectivity index (χ2v) is 8.04. The Balaban J connectivity index is 1.57. The number of rotatable bonds is 9. The number of likely N-dealkylation sites (N-methyl/N-ethyl adjacent to an activating group) is 1. The Kier molecular flexibility index (Phi) is 7.61. The highest BCUT2D eigenvalue weighted by atomic mass is 19.1. The summed E-state index contributed by atoms with van der Waals surface area (Å²) in [5.74, 6) is -0.0692. The molecule has 0 bridgehead atoms. The van der Waals surface area contributed by atoms with Gasteiger partial charge in [-0.2, -0.15) is 10.4 Å². The Bertz CT molecular complexity index is 1100. The van der Waals surface area contributed by atoms with E-state index in [-0.39, 0.29) is 17.6 Å². The van der Waals surface area contributed by atoms with Crippen LogP contribution in [0.15, 0.2) is 54.6 Å². The van der Waals surface area contributed by atoms with Gasteiger partial charge in [-0.05, 0) is 49.1 Å². The van der Waals surface area contributed by atoms with Gasteiger partial charge in [-0.25, -0.2) is 4.39 Å². The van der Waals surface area contributed by atoms with Crippen molar-refractivity contribution >= 4 is 5.91 Å². The fourth-order valence-electron chi connectivity index (χ4n) is 3.39. The molecule has 0 aliphatic heterocycles. The van der Waals surface area contributed by atoms with Crippen LogP contribution >= 0.6 is 0 Å². The number of benzene rings is 2. The average Bonchev–Trinajstić information content (AvgIpc) is 3.26. The molecule has 0 saturated carbocycles. The number of nitrogens with one attached hydrogen (secondary N) is 1. The minimum absolute atomic E-state index is 0.0573. The Morgan fingerprint density at radius 3 is 2.72 bits per heavy atom. The van der Waals surface area contributed by atoms with Gasteiger partial charge >= 0.3 is 0 Å². The van der Waals surface area contributed by atoms with E-state index >= 15 is 0 Å². The van der Waals surface area contributed by atoms with Crippen molar-refractivity contribution in [2.24, 2.45) is 5.92 Å². The van der Waals surface area contributed by atoms with E-state index in [1.165, 1.54) is 12.1 Å². The third-order valence-corrected chi connectivity index (χ3v) is 5.18. The van der Waals surface area contributed by atoms with Crippen molar-refractivity contribution in [1.82, 2.24) is 15.1 Å². The standard InChI is InChI=1S/C25H27FN4O2/c1-17(2)24(32-23-12-5-4-8-19(23)16-27)25(31)30(3)13-7-11-21-15-22(29-28-21)18-9-6-10-20(26)14-18/h4-6,8-10,12,14-15,17,24H,7,11,13H2,1-3H3,(H,28,29). The van der Waals surface area contributed by atoms with Crippen molar-refractivity contribution in [2.75, 3.05) is 13.6 Å². The predicted molar refractivity (Wildman–Crippen MR) is 120 cm³/mol. The Labute approximate surface area is 187 Å². The number of halogens is 1. The molecule has 0 saturated heterocycles. The molecule has 2 aromatic carbocycles. The van der Waals surface area contributed by atoms with Crippen LogP contribution < -0.4 is 4.74 Å². The first-order valence-corrected chi connectivity index (χ1v) is 10.6. The van der Waals surface area contributed by atoms with E-state index in [0.29, 0.717) is 30.0 Å². The van der Waals surface area contributed by atoms with E-state index in [4.69, 9.17) is 4.74 Å². The molecule has 1 heterocycles. The van der Waals surface area contributed by atoms with Crippen molar-refractivity contribution in [3.05, 3.63) is 71.7 Å². The second-order valence-electron chi connectivity index (χ2n) is 8.04. The van der Waals surface area contributed by atoms with Crippen LogP contribution in [0.2, 0.25) is 0 Å². The third kappa shape index (κ3) is 5.73. The summed E-state index contributed by atoms with van der Waals surface area (Å²) < 4.78 is 19.4. The number of carbonyl (C=O) groups excluding carboxylic acids is 1. The molecule has 1 atom stereocenters. The van der Waals surface area contributed by atoms with Gasteiger partial charge in [0.2, 0.25) is 0 Å². The summed E-state index contributed by atoms with van der Waals surface area (Å²) in [5, 5.41) is 16.5. The van der Waals surface area contributed by atoms with Gasteiger partial charge < -0.3 is 9.64 Å². The molecule has 3 aromatic rings. The fourth-order valence-corrected chi connectivity index (χ4v) is 3.39. The zero-order chi connectivity index (χ0) is 23.1. The first-order valence-electron chi connectivity index (χ1n) is 10.6. The highest BCUT2D eigenvalue weighted by Crippen LogP contribution is 2.22. The number of nitrogens with zero attached hydrogens (tertiary/aromatic N) is 3. The maximum absolute atomic E-state index is 13.4. The molecule has 3 rings (SSSR count). The lowest BCUT2D eigenvalue weighted by Gasteiger charge is -2.27. The van der Waals surface area contributed by atoms with E-state index in [1.807, 2.05) is 26.0 Å². The molecular weight excluding hydrogens is 407 g/mol. The molecule has 32 heavy (non-hydrogen) atoms. The van der Waals surface area contributed by atoms with Crippen molar-refractivity contribution in [3.63, 3.8) is 0 Å². The lowest BCUT2D eigenvalue weighted by molar-refractivity contribution is -0.139. The molecule has 1 unspecified atom stereocenters. The van der Waals surface area contributed by atoms with Crippen molar-refractivity contribution in [2.45, 2.75) is 32.8 Å². The van der Waals surface area contributed by atoms with Crippen molar-refractivity contribution in [3.8, 4) is 23.1 Å². The van der Waals surface area contributed by atoms with Gasteiger partial charge in [0, 0.05) is 24.8 Å². The average molecular weight is 435 g/mol. The highest BCUT2D eigenvalue weighted by Gasteiger charge is 2.28. The van der Waals surface area contributed by atoms with E-state index in [2.05, 4.69) is 16.3 Å². The van der Waals surface area contributed by atoms with Crippen LogP contribution in [0.25, 0.3) is 11.3 Å². The number of amides is 1. The van der Waals surface area contributed by atoms with Gasteiger partial charge in [-0.3, -0.25) is 9.89 Å². The van der Waals surface area contributed by atoms with Crippen molar-refractivity contribution in [1.29, 1.82) is 5.26 Å². The van der Waals surface area contributed by atoms with Crippen LogP contribution in [0.5, 0.6) is 5.75 Å². The first kappa shape index (κ1) is 23.0. The zero-order valence-corrected chi connectivity index (χ0v) is 18.5. The number of H-pyrrole nitrogens is 1.